The van der Waals surface area contributed by atoms with Gasteiger partial charge in [-0.05, 0) is 54.2 Å². The number of hydrogen-bond donors (Lipinski definition) is 1. The molecule has 2 aromatic rings. The van der Waals surface area contributed by atoms with Crippen molar-refractivity contribution in [2.24, 2.45) is 10.9 Å². The summed E-state index contributed by atoms with van der Waals surface area (Å²) >= 11 is 0. The second kappa shape index (κ2) is 7.26. The molecule has 1 aliphatic heterocycles. The SMILES string of the molecule is CN(C)c1nc(/C=C/c2cccc(F)c2)nc(NC2=NCC(C3CC3)=C2)n1. The van der Waals surface area contributed by atoms with Gasteiger partial charge in [0.2, 0.25) is 11.9 Å². The van der Waals surface area contributed by atoms with Gasteiger partial charge in [-0.25, -0.2) is 4.39 Å². The Morgan fingerprint density at radius 1 is 1.15 bits per heavy atom. The maximum absolute atomic E-state index is 13.3. The van der Waals surface area contributed by atoms with Crippen LogP contribution < -0.4 is 10.2 Å². The molecule has 1 fully saturated rings. The van der Waals surface area contributed by atoms with Gasteiger partial charge in [-0.3, -0.25) is 4.99 Å². The van der Waals surface area contributed by atoms with Crippen LogP contribution in [0.15, 0.2) is 40.9 Å². The van der Waals surface area contributed by atoms with E-state index in [0.29, 0.717) is 23.6 Å². The summed E-state index contributed by atoms with van der Waals surface area (Å²) in [6.07, 6.45) is 8.15. The minimum absolute atomic E-state index is 0.276. The van der Waals surface area contributed by atoms with Crippen molar-refractivity contribution in [2.45, 2.75) is 12.8 Å². The van der Waals surface area contributed by atoms with Crippen molar-refractivity contribution in [1.29, 1.82) is 0 Å². The number of amidine groups is 1. The maximum atomic E-state index is 13.3. The van der Waals surface area contributed by atoms with Gasteiger partial charge in [0.15, 0.2) is 5.82 Å². The fourth-order valence-corrected chi connectivity index (χ4v) is 2.83. The summed E-state index contributed by atoms with van der Waals surface area (Å²) in [6, 6.07) is 6.37. The number of nitrogens with one attached hydrogen (secondary N) is 1. The Balaban J connectivity index is 1.56. The fraction of sp³-hybridized carbons (Fsp3) is 0.300. The fourth-order valence-electron chi connectivity index (χ4n) is 2.83. The van der Waals surface area contributed by atoms with Gasteiger partial charge in [-0.15, -0.1) is 0 Å². The summed E-state index contributed by atoms with van der Waals surface area (Å²) < 4.78 is 13.3. The van der Waals surface area contributed by atoms with Crippen LogP contribution in [0.4, 0.5) is 16.3 Å². The Bertz CT molecular complexity index is 943. The lowest BCUT2D eigenvalue weighted by Crippen LogP contribution is -2.17. The molecule has 1 aliphatic carbocycles. The van der Waals surface area contributed by atoms with Gasteiger partial charge in [0.1, 0.15) is 11.7 Å². The molecule has 0 unspecified atom stereocenters. The Hall–Kier alpha value is -3.09. The molecule has 0 radical (unpaired) electrons. The predicted octanol–water partition coefficient (Wildman–Crippen LogP) is 3.41. The van der Waals surface area contributed by atoms with E-state index in [-0.39, 0.29) is 5.82 Å². The van der Waals surface area contributed by atoms with E-state index in [0.717, 1.165) is 17.9 Å². The molecule has 1 N–H and O–H groups in total. The smallest absolute Gasteiger partial charge is 0.233 e. The van der Waals surface area contributed by atoms with Crippen molar-refractivity contribution in [3.05, 3.63) is 53.1 Å². The number of aromatic nitrogens is 3. The summed E-state index contributed by atoms with van der Waals surface area (Å²) in [5.74, 6) is 2.68. The highest BCUT2D eigenvalue weighted by atomic mass is 19.1. The summed E-state index contributed by atoms with van der Waals surface area (Å²) in [6.45, 7) is 0.755. The molecule has 2 aliphatic rings. The number of anilines is 2. The van der Waals surface area contributed by atoms with Crippen LogP contribution in [0, 0.1) is 11.7 Å². The van der Waals surface area contributed by atoms with Crippen LogP contribution in [0.25, 0.3) is 12.2 Å². The van der Waals surface area contributed by atoms with E-state index in [1.807, 2.05) is 25.1 Å². The van der Waals surface area contributed by atoms with Crippen molar-refractivity contribution >= 4 is 29.9 Å². The summed E-state index contributed by atoms with van der Waals surface area (Å²) in [7, 11) is 3.74. The van der Waals surface area contributed by atoms with Crippen molar-refractivity contribution < 1.29 is 4.39 Å². The third-order valence-corrected chi connectivity index (χ3v) is 4.41. The van der Waals surface area contributed by atoms with Gasteiger partial charge in [0, 0.05) is 14.1 Å². The molecule has 0 bridgehead atoms. The number of benzene rings is 1. The van der Waals surface area contributed by atoms with E-state index in [2.05, 4.69) is 31.3 Å². The minimum atomic E-state index is -0.276. The number of hydrogen-bond acceptors (Lipinski definition) is 6. The van der Waals surface area contributed by atoms with Crippen molar-refractivity contribution in [3.8, 4) is 0 Å². The van der Waals surface area contributed by atoms with E-state index in [4.69, 9.17) is 0 Å². The Morgan fingerprint density at radius 2 is 2.00 bits per heavy atom. The molecule has 0 amide bonds. The van der Waals surface area contributed by atoms with Crippen LogP contribution in [0.2, 0.25) is 0 Å². The van der Waals surface area contributed by atoms with E-state index >= 15 is 0 Å². The molecule has 1 aromatic carbocycles. The van der Waals surface area contributed by atoms with Crippen molar-refractivity contribution in [3.63, 3.8) is 0 Å². The Labute approximate surface area is 157 Å². The largest absolute Gasteiger partial charge is 0.347 e. The monoisotopic (exact) mass is 364 g/mol. The van der Waals surface area contributed by atoms with Crippen LogP contribution in [0.1, 0.15) is 24.2 Å². The van der Waals surface area contributed by atoms with E-state index < -0.39 is 0 Å². The van der Waals surface area contributed by atoms with E-state index in [9.17, 15) is 4.39 Å². The molecule has 1 aromatic heterocycles. The molecule has 0 atom stereocenters. The first kappa shape index (κ1) is 17.3. The van der Waals surface area contributed by atoms with E-state index in [1.165, 1.54) is 30.5 Å². The lowest BCUT2D eigenvalue weighted by atomic mass is 10.2. The molecule has 4 rings (SSSR count). The zero-order valence-electron chi connectivity index (χ0n) is 15.4. The standard InChI is InChI=1S/C20H21FN6/c1-27(2)20-25-17(9-6-13-4-3-5-16(21)10-13)23-19(26-20)24-18-11-15(12-22-18)14-7-8-14/h3-6,9-11,14H,7-8,12H2,1-2H3,(H,22,23,24,25,26)/b9-6+. The summed E-state index contributed by atoms with van der Waals surface area (Å²) in [4.78, 5) is 19.7. The lowest BCUT2D eigenvalue weighted by molar-refractivity contribution is 0.627. The summed E-state index contributed by atoms with van der Waals surface area (Å²) in [5.41, 5.74) is 2.12. The molecule has 0 saturated heterocycles. The van der Waals surface area contributed by atoms with Gasteiger partial charge in [-0.2, -0.15) is 15.0 Å². The third kappa shape index (κ3) is 4.36. The molecular formula is C20H21FN6. The molecule has 1 saturated carbocycles. The second-order valence-electron chi connectivity index (χ2n) is 6.92. The number of rotatable bonds is 5. The second-order valence-corrected chi connectivity index (χ2v) is 6.92. The third-order valence-electron chi connectivity index (χ3n) is 4.41. The van der Waals surface area contributed by atoms with Gasteiger partial charge >= 0.3 is 0 Å². The summed E-state index contributed by atoms with van der Waals surface area (Å²) in [5, 5.41) is 3.19. The van der Waals surface area contributed by atoms with Gasteiger partial charge in [0.25, 0.3) is 0 Å². The lowest BCUT2D eigenvalue weighted by Gasteiger charge is -2.12. The Morgan fingerprint density at radius 3 is 2.74 bits per heavy atom. The number of aliphatic imine (C=N–C) groups is 1. The molecule has 6 nitrogen and oxygen atoms in total. The van der Waals surface area contributed by atoms with Crippen molar-refractivity contribution in [1.82, 2.24) is 15.0 Å². The zero-order chi connectivity index (χ0) is 18.8. The normalized spacial score (nSPS) is 16.4. The highest BCUT2D eigenvalue weighted by Gasteiger charge is 2.28. The van der Waals surface area contributed by atoms with Crippen LogP contribution in [-0.2, 0) is 0 Å². The number of halogens is 1. The van der Waals surface area contributed by atoms with Crippen LogP contribution in [-0.4, -0.2) is 41.4 Å². The molecule has 0 spiro atoms. The average molecular weight is 364 g/mol. The molecule has 138 valence electrons. The molecule has 7 heteroatoms. The highest BCUT2D eigenvalue weighted by molar-refractivity contribution is 6.05. The molecule has 27 heavy (non-hydrogen) atoms. The van der Waals surface area contributed by atoms with Crippen LogP contribution >= 0.6 is 0 Å². The zero-order valence-corrected chi connectivity index (χ0v) is 15.4. The van der Waals surface area contributed by atoms with Gasteiger partial charge in [0.05, 0.1) is 6.54 Å². The molecular weight excluding hydrogens is 343 g/mol. The highest BCUT2D eigenvalue weighted by Crippen LogP contribution is 2.37. The first-order valence-corrected chi connectivity index (χ1v) is 8.96. The van der Waals surface area contributed by atoms with Gasteiger partial charge < -0.3 is 10.2 Å². The average Bonchev–Trinajstić information content (AvgIpc) is 3.40. The first-order valence-electron chi connectivity index (χ1n) is 8.96. The minimum Gasteiger partial charge on any atom is -0.347 e. The number of nitrogens with zero attached hydrogens (tertiary/aromatic N) is 5. The first-order chi connectivity index (χ1) is 13.1. The quantitative estimate of drug-likeness (QED) is 0.881. The van der Waals surface area contributed by atoms with Crippen molar-refractivity contribution in [2.75, 3.05) is 30.9 Å². The maximum Gasteiger partial charge on any atom is 0.233 e. The molecule has 2 heterocycles. The predicted molar refractivity (Wildman–Crippen MR) is 106 cm³/mol. The Kier molecular flexibility index (Phi) is 4.66. The van der Waals surface area contributed by atoms with E-state index in [1.54, 1.807) is 18.2 Å². The van der Waals surface area contributed by atoms with Crippen LogP contribution in [0.3, 0.4) is 0 Å². The van der Waals surface area contributed by atoms with Gasteiger partial charge in [-0.1, -0.05) is 18.2 Å². The van der Waals surface area contributed by atoms with Crippen LogP contribution in [0.5, 0.6) is 0 Å². The topological polar surface area (TPSA) is 66.3 Å².